The van der Waals surface area contributed by atoms with Crippen molar-refractivity contribution in [2.75, 3.05) is 39.4 Å². The van der Waals surface area contributed by atoms with Crippen molar-refractivity contribution in [3.63, 3.8) is 0 Å². The molecule has 0 atom stereocenters. The molecule has 7 nitrogen and oxygen atoms in total. The summed E-state index contributed by atoms with van der Waals surface area (Å²) in [4.78, 5) is 15.4. The number of imidazole rings is 1. The number of rotatable bonds is 15. The SMILES string of the molecule is CCCCOc1ccc(-n2ccn(C3CCC(NCCN(CCO)CCCC)CC3)c2=O)cc1. The van der Waals surface area contributed by atoms with Crippen LogP contribution in [0.1, 0.15) is 71.3 Å². The van der Waals surface area contributed by atoms with Gasteiger partial charge in [0.1, 0.15) is 5.75 Å². The number of nitrogens with zero attached hydrogens (tertiary/aromatic N) is 3. The standard InChI is InChI=1S/C27H44N4O3/c1-3-5-16-29(20-21-32)17-15-28-23-7-9-24(10-8-23)30-18-19-31(27(30)33)25-11-13-26(14-12-25)34-22-6-4-2/h11-14,18-19,23-24,28,32H,3-10,15-17,20-22H2,1-2H3. The Morgan fingerprint density at radius 3 is 2.41 bits per heavy atom. The van der Waals surface area contributed by atoms with Crippen molar-refractivity contribution in [1.82, 2.24) is 19.4 Å². The monoisotopic (exact) mass is 472 g/mol. The molecule has 0 aliphatic heterocycles. The van der Waals surface area contributed by atoms with E-state index >= 15 is 0 Å². The van der Waals surface area contributed by atoms with Crippen LogP contribution in [-0.4, -0.2) is 64.6 Å². The van der Waals surface area contributed by atoms with Crippen molar-refractivity contribution in [2.45, 2.75) is 77.3 Å². The molecule has 0 amide bonds. The highest BCUT2D eigenvalue weighted by Gasteiger charge is 2.24. The molecule has 190 valence electrons. The Morgan fingerprint density at radius 2 is 1.74 bits per heavy atom. The lowest BCUT2D eigenvalue weighted by Crippen LogP contribution is -2.41. The minimum absolute atomic E-state index is 0.0339. The minimum atomic E-state index is 0.0339. The van der Waals surface area contributed by atoms with Crippen molar-refractivity contribution in [2.24, 2.45) is 0 Å². The highest BCUT2D eigenvalue weighted by atomic mass is 16.5. The van der Waals surface area contributed by atoms with Gasteiger partial charge in [-0.1, -0.05) is 26.7 Å². The first-order valence-corrected chi connectivity index (χ1v) is 13.3. The zero-order valence-electron chi connectivity index (χ0n) is 21.1. The zero-order valence-corrected chi connectivity index (χ0v) is 21.1. The van der Waals surface area contributed by atoms with E-state index in [1.54, 1.807) is 4.57 Å². The van der Waals surface area contributed by atoms with Crippen LogP contribution < -0.4 is 15.7 Å². The van der Waals surface area contributed by atoms with Crippen LogP contribution in [0, 0.1) is 0 Å². The number of ether oxygens (including phenoxy) is 1. The van der Waals surface area contributed by atoms with Gasteiger partial charge in [-0.3, -0.25) is 14.0 Å². The predicted molar refractivity (Wildman–Crippen MR) is 138 cm³/mol. The van der Waals surface area contributed by atoms with Crippen LogP contribution in [0.15, 0.2) is 41.5 Å². The maximum Gasteiger partial charge on any atom is 0.332 e. The molecule has 0 spiro atoms. The summed E-state index contributed by atoms with van der Waals surface area (Å²) in [6.45, 7) is 9.04. The van der Waals surface area contributed by atoms with E-state index in [2.05, 4.69) is 24.1 Å². The second-order valence-corrected chi connectivity index (χ2v) is 9.43. The van der Waals surface area contributed by atoms with Crippen molar-refractivity contribution in [3.05, 3.63) is 47.1 Å². The molecule has 1 aromatic heterocycles. The maximum absolute atomic E-state index is 13.1. The van der Waals surface area contributed by atoms with Crippen LogP contribution in [0.5, 0.6) is 5.75 Å². The Kier molecular flexibility index (Phi) is 11.2. The van der Waals surface area contributed by atoms with Crippen molar-refractivity contribution in [1.29, 1.82) is 0 Å². The van der Waals surface area contributed by atoms with Crippen LogP contribution in [0.25, 0.3) is 5.69 Å². The maximum atomic E-state index is 13.1. The van der Waals surface area contributed by atoms with Gasteiger partial charge in [0.2, 0.25) is 0 Å². The molecule has 0 bridgehead atoms. The van der Waals surface area contributed by atoms with Crippen LogP contribution in [-0.2, 0) is 0 Å². The van der Waals surface area contributed by atoms with Gasteiger partial charge in [-0.15, -0.1) is 0 Å². The molecule has 1 aliphatic carbocycles. The molecule has 2 N–H and O–H groups in total. The van der Waals surface area contributed by atoms with Crippen molar-refractivity contribution < 1.29 is 9.84 Å². The summed E-state index contributed by atoms with van der Waals surface area (Å²) in [5.41, 5.74) is 0.907. The molecule has 2 aromatic rings. The van der Waals surface area contributed by atoms with E-state index in [1.807, 2.05) is 41.2 Å². The molecule has 1 aromatic carbocycles. The molecule has 34 heavy (non-hydrogen) atoms. The van der Waals surface area contributed by atoms with E-state index in [9.17, 15) is 9.90 Å². The molecule has 1 aliphatic rings. The van der Waals surface area contributed by atoms with Gasteiger partial charge in [-0.05, 0) is 69.3 Å². The number of unbranched alkanes of at least 4 members (excludes halogenated alkanes) is 2. The molecule has 0 radical (unpaired) electrons. The molecular formula is C27H44N4O3. The van der Waals surface area contributed by atoms with E-state index in [0.29, 0.717) is 6.04 Å². The number of hydrogen-bond donors (Lipinski definition) is 2. The molecule has 1 heterocycles. The van der Waals surface area contributed by atoms with Gasteiger partial charge in [0.25, 0.3) is 0 Å². The first kappa shape index (κ1) is 26.5. The fourth-order valence-corrected chi connectivity index (χ4v) is 4.75. The van der Waals surface area contributed by atoms with Gasteiger partial charge in [-0.2, -0.15) is 0 Å². The summed E-state index contributed by atoms with van der Waals surface area (Å²) >= 11 is 0. The Bertz CT molecular complexity index is 869. The van der Waals surface area contributed by atoms with Crippen LogP contribution >= 0.6 is 0 Å². The average Bonchev–Trinajstić information content (AvgIpc) is 3.24. The molecule has 0 saturated heterocycles. The summed E-state index contributed by atoms with van der Waals surface area (Å²) in [7, 11) is 0. The third-order valence-corrected chi connectivity index (χ3v) is 6.88. The number of benzene rings is 1. The van der Waals surface area contributed by atoms with E-state index in [1.165, 1.54) is 12.8 Å². The van der Waals surface area contributed by atoms with E-state index in [4.69, 9.17) is 4.74 Å². The molecule has 1 fully saturated rings. The lowest BCUT2D eigenvalue weighted by molar-refractivity contribution is 0.189. The Labute approximate surface area is 204 Å². The minimum Gasteiger partial charge on any atom is -0.494 e. The first-order valence-electron chi connectivity index (χ1n) is 13.3. The largest absolute Gasteiger partial charge is 0.494 e. The molecule has 0 unspecified atom stereocenters. The Balaban J connectivity index is 1.47. The van der Waals surface area contributed by atoms with Crippen molar-refractivity contribution in [3.8, 4) is 11.4 Å². The number of aliphatic hydroxyl groups excluding tert-OH is 1. The summed E-state index contributed by atoms with van der Waals surface area (Å²) in [5.74, 6) is 0.848. The van der Waals surface area contributed by atoms with Crippen LogP contribution in [0.2, 0.25) is 0 Å². The second kappa shape index (κ2) is 14.3. The van der Waals surface area contributed by atoms with Crippen molar-refractivity contribution >= 4 is 0 Å². The van der Waals surface area contributed by atoms with Gasteiger partial charge in [0, 0.05) is 44.1 Å². The summed E-state index contributed by atoms with van der Waals surface area (Å²) in [6, 6.07) is 8.56. The number of hydrogen-bond acceptors (Lipinski definition) is 5. The predicted octanol–water partition coefficient (Wildman–Crippen LogP) is 3.99. The third kappa shape index (κ3) is 7.72. The second-order valence-electron chi connectivity index (χ2n) is 9.43. The first-order chi connectivity index (χ1) is 16.7. The highest BCUT2D eigenvalue weighted by molar-refractivity contribution is 5.37. The zero-order chi connectivity index (χ0) is 24.2. The van der Waals surface area contributed by atoms with Gasteiger partial charge < -0.3 is 15.2 Å². The smallest absolute Gasteiger partial charge is 0.332 e. The van der Waals surface area contributed by atoms with E-state index < -0.39 is 0 Å². The summed E-state index contributed by atoms with van der Waals surface area (Å²) < 4.78 is 9.38. The highest BCUT2D eigenvalue weighted by Crippen LogP contribution is 2.27. The molecule has 7 heteroatoms. The quantitative estimate of drug-likeness (QED) is 0.384. The lowest BCUT2D eigenvalue weighted by atomic mass is 9.91. The van der Waals surface area contributed by atoms with Gasteiger partial charge >= 0.3 is 5.69 Å². The fourth-order valence-electron chi connectivity index (χ4n) is 4.75. The van der Waals surface area contributed by atoms with Gasteiger partial charge in [0.15, 0.2) is 0 Å². The molecule has 3 rings (SSSR count). The Hall–Kier alpha value is -2.09. The summed E-state index contributed by atoms with van der Waals surface area (Å²) in [5, 5.41) is 13.0. The number of aromatic nitrogens is 2. The Morgan fingerprint density at radius 1 is 1.00 bits per heavy atom. The fraction of sp³-hybridized carbons (Fsp3) is 0.667. The average molecular weight is 473 g/mol. The third-order valence-electron chi connectivity index (χ3n) is 6.88. The normalized spacial score (nSPS) is 18.5. The van der Waals surface area contributed by atoms with Crippen LogP contribution in [0.3, 0.4) is 0 Å². The van der Waals surface area contributed by atoms with Crippen LogP contribution in [0.4, 0.5) is 0 Å². The number of nitrogens with one attached hydrogen (secondary N) is 1. The van der Waals surface area contributed by atoms with E-state index in [0.717, 1.165) is 82.7 Å². The van der Waals surface area contributed by atoms with Gasteiger partial charge in [-0.25, -0.2) is 4.79 Å². The topological polar surface area (TPSA) is 71.7 Å². The molecular weight excluding hydrogens is 428 g/mol. The summed E-state index contributed by atoms with van der Waals surface area (Å²) in [6.07, 6.45) is 12.5. The molecule has 1 saturated carbocycles. The number of aliphatic hydroxyl groups is 1. The lowest BCUT2D eigenvalue weighted by Gasteiger charge is -2.30. The van der Waals surface area contributed by atoms with Gasteiger partial charge in [0.05, 0.1) is 18.9 Å². The van der Waals surface area contributed by atoms with E-state index in [-0.39, 0.29) is 18.3 Å².